The normalized spacial score (nSPS) is 30.2. The average molecular weight is 471 g/mol. The van der Waals surface area contributed by atoms with Gasteiger partial charge in [-0.2, -0.15) is 0 Å². The highest BCUT2D eigenvalue weighted by atomic mass is 32.2. The molecule has 4 aliphatic rings. The number of benzene rings is 2. The molecule has 33 heavy (non-hydrogen) atoms. The van der Waals surface area contributed by atoms with E-state index in [1.54, 1.807) is 6.07 Å². The number of hydrogen-bond acceptors (Lipinski definition) is 4. The first-order valence-corrected chi connectivity index (χ1v) is 13.6. The SMILES string of the molecule is CCC1(c2cc(NS(=O)(=O)C3CC3)ccc2F)[C@@H]2CN(CC3(O)Cc4ccccc4C3)C[C@@H]21. The van der Waals surface area contributed by atoms with Crippen molar-refractivity contribution in [1.82, 2.24) is 4.90 Å². The fraction of sp³-hybridized carbons (Fsp3) is 0.538. The molecule has 7 heteroatoms. The van der Waals surface area contributed by atoms with Gasteiger partial charge in [-0.05, 0) is 66.0 Å². The third-order valence-corrected chi connectivity index (χ3v) is 10.4. The molecule has 1 aliphatic heterocycles. The van der Waals surface area contributed by atoms with Gasteiger partial charge in [0.05, 0.1) is 10.9 Å². The van der Waals surface area contributed by atoms with E-state index in [9.17, 15) is 13.5 Å². The average Bonchev–Trinajstić information content (AvgIpc) is 3.64. The molecule has 1 heterocycles. The van der Waals surface area contributed by atoms with Crippen LogP contribution in [0.25, 0.3) is 0 Å². The number of fused-ring (bicyclic) bond motifs is 2. The van der Waals surface area contributed by atoms with E-state index in [2.05, 4.69) is 28.7 Å². The zero-order valence-corrected chi connectivity index (χ0v) is 19.7. The first-order valence-electron chi connectivity index (χ1n) is 12.1. The molecule has 0 spiro atoms. The number of likely N-dealkylation sites (tertiary alicyclic amines) is 1. The molecule has 0 aromatic heterocycles. The van der Waals surface area contributed by atoms with Gasteiger partial charge in [0.15, 0.2) is 0 Å². The van der Waals surface area contributed by atoms with Crippen molar-refractivity contribution in [2.24, 2.45) is 11.8 Å². The van der Waals surface area contributed by atoms with E-state index >= 15 is 4.39 Å². The molecule has 1 unspecified atom stereocenters. The lowest BCUT2D eigenvalue weighted by Crippen LogP contribution is -2.45. The molecular weight excluding hydrogens is 439 g/mol. The minimum absolute atomic E-state index is 0.247. The molecule has 1 saturated heterocycles. The monoisotopic (exact) mass is 470 g/mol. The summed E-state index contributed by atoms with van der Waals surface area (Å²) < 4.78 is 42.4. The summed E-state index contributed by atoms with van der Waals surface area (Å²) in [5.41, 5.74) is 2.60. The molecule has 5 nitrogen and oxygen atoms in total. The first-order chi connectivity index (χ1) is 15.7. The van der Waals surface area contributed by atoms with Crippen LogP contribution in [0.5, 0.6) is 0 Å². The zero-order valence-electron chi connectivity index (χ0n) is 18.9. The molecule has 0 bridgehead atoms. The minimum atomic E-state index is -3.38. The predicted octanol–water partition coefficient (Wildman–Crippen LogP) is 3.47. The van der Waals surface area contributed by atoms with Crippen LogP contribution in [0.15, 0.2) is 42.5 Å². The summed E-state index contributed by atoms with van der Waals surface area (Å²) in [4.78, 5) is 2.34. The fourth-order valence-electron chi connectivity index (χ4n) is 6.83. The summed E-state index contributed by atoms with van der Waals surface area (Å²) in [5.74, 6) is 0.413. The minimum Gasteiger partial charge on any atom is -0.388 e. The van der Waals surface area contributed by atoms with Crippen LogP contribution in [-0.2, 0) is 28.3 Å². The highest BCUT2D eigenvalue weighted by Crippen LogP contribution is 2.66. The van der Waals surface area contributed by atoms with Crippen molar-refractivity contribution in [3.8, 4) is 0 Å². The van der Waals surface area contributed by atoms with Gasteiger partial charge >= 0.3 is 0 Å². The van der Waals surface area contributed by atoms with Crippen molar-refractivity contribution < 1.29 is 17.9 Å². The molecule has 2 N–H and O–H groups in total. The lowest BCUT2D eigenvalue weighted by molar-refractivity contribution is 0.0138. The van der Waals surface area contributed by atoms with E-state index in [0.29, 0.717) is 55.3 Å². The molecule has 2 saturated carbocycles. The number of β-amino-alcohol motifs (C(OH)–C–C–N with tert-alkyl or cyclic N) is 1. The number of piperidine rings is 1. The maximum Gasteiger partial charge on any atom is 0.235 e. The lowest BCUT2D eigenvalue weighted by atomic mass is 9.86. The van der Waals surface area contributed by atoms with Gasteiger partial charge < -0.3 is 5.11 Å². The Morgan fingerprint density at radius 1 is 1.09 bits per heavy atom. The van der Waals surface area contributed by atoms with Crippen molar-refractivity contribution >= 4 is 15.7 Å². The second-order valence-electron chi connectivity index (χ2n) is 10.7. The van der Waals surface area contributed by atoms with Crippen molar-refractivity contribution in [2.45, 2.75) is 55.3 Å². The molecule has 6 rings (SSSR count). The van der Waals surface area contributed by atoms with Crippen LogP contribution in [0.1, 0.15) is 42.9 Å². The van der Waals surface area contributed by atoms with E-state index in [-0.39, 0.29) is 16.5 Å². The number of anilines is 1. The molecule has 3 fully saturated rings. The molecule has 3 aliphatic carbocycles. The van der Waals surface area contributed by atoms with Gasteiger partial charge in [-0.15, -0.1) is 0 Å². The summed E-state index contributed by atoms with van der Waals surface area (Å²) in [5, 5.41) is 10.9. The van der Waals surface area contributed by atoms with Crippen LogP contribution < -0.4 is 4.72 Å². The summed E-state index contributed by atoms with van der Waals surface area (Å²) in [6, 6.07) is 12.9. The van der Waals surface area contributed by atoms with Crippen LogP contribution >= 0.6 is 0 Å². The standard InChI is InChI=1S/C26H31FN2O3S/c1-2-26(21-11-19(7-10-24(21)27)28-33(31,32)20-8-9-20)22-14-29(15-23(22)26)16-25(30)12-17-5-3-4-6-18(17)13-25/h3-7,10-11,20,22-23,28,30H,2,8-9,12-16H2,1H3/t22-,23+,26?. The highest BCUT2D eigenvalue weighted by Gasteiger charge is 2.68. The zero-order chi connectivity index (χ0) is 23.0. The third-order valence-electron chi connectivity index (χ3n) is 8.56. The van der Waals surface area contributed by atoms with Crippen molar-refractivity contribution in [3.05, 3.63) is 65.0 Å². The van der Waals surface area contributed by atoms with Gasteiger partial charge in [-0.1, -0.05) is 31.2 Å². The highest BCUT2D eigenvalue weighted by molar-refractivity contribution is 7.93. The smallest absolute Gasteiger partial charge is 0.235 e. The predicted molar refractivity (Wildman–Crippen MR) is 126 cm³/mol. The number of rotatable bonds is 7. The van der Waals surface area contributed by atoms with Crippen LogP contribution in [0.2, 0.25) is 0 Å². The number of aliphatic hydroxyl groups is 1. The topological polar surface area (TPSA) is 69.6 Å². The number of nitrogens with one attached hydrogen (secondary N) is 1. The van der Waals surface area contributed by atoms with Gasteiger partial charge in [0.25, 0.3) is 0 Å². The van der Waals surface area contributed by atoms with Crippen LogP contribution in [0.4, 0.5) is 10.1 Å². The quantitative estimate of drug-likeness (QED) is 0.650. The molecule has 0 radical (unpaired) electrons. The Balaban J connectivity index is 1.17. The molecule has 176 valence electrons. The molecule has 2 aromatic carbocycles. The Labute approximate surface area is 195 Å². The Morgan fingerprint density at radius 2 is 1.73 bits per heavy atom. The van der Waals surface area contributed by atoms with E-state index in [0.717, 1.165) is 19.5 Å². The van der Waals surface area contributed by atoms with Gasteiger partial charge in [-0.25, -0.2) is 12.8 Å². The number of nitrogens with zero attached hydrogens (tertiary/aromatic N) is 1. The van der Waals surface area contributed by atoms with E-state index < -0.39 is 15.6 Å². The summed E-state index contributed by atoms with van der Waals surface area (Å²) in [6.07, 6.45) is 3.58. The van der Waals surface area contributed by atoms with Gasteiger partial charge in [0.2, 0.25) is 10.0 Å². The van der Waals surface area contributed by atoms with Crippen LogP contribution in [0, 0.1) is 17.7 Å². The van der Waals surface area contributed by atoms with Crippen molar-refractivity contribution in [1.29, 1.82) is 0 Å². The largest absolute Gasteiger partial charge is 0.388 e. The lowest BCUT2D eigenvalue weighted by Gasteiger charge is -2.32. The Morgan fingerprint density at radius 3 is 2.30 bits per heavy atom. The maximum absolute atomic E-state index is 15.0. The Hall–Kier alpha value is -1.96. The number of hydrogen-bond donors (Lipinski definition) is 2. The molecular formula is C26H31FN2O3S. The fourth-order valence-corrected chi connectivity index (χ4v) is 8.21. The van der Waals surface area contributed by atoms with Crippen molar-refractivity contribution in [3.63, 3.8) is 0 Å². The Bertz CT molecular complexity index is 1170. The van der Waals surface area contributed by atoms with Crippen LogP contribution in [0.3, 0.4) is 0 Å². The van der Waals surface area contributed by atoms with E-state index in [4.69, 9.17) is 0 Å². The second kappa shape index (κ2) is 7.27. The van der Waals surface area contributed by atoms with Gasteiger partial charge in [0.1, 0.15) is 5.82 Å². The third kappa shape index (κ3) is 3.51. The summed E-state index contributed by atoms with van der Waals surface area (Å²) in [6.45, 7) is 4.42. The van der Waals surface area contributed by atoms with E-state index in [1.165, 1.54) is 23.3 Å². The molecule has 2 aromatic rings. The molecule has 0 amide bonds. The Kier molecular flexibility index (Phi) is 4.75. The van der Waals surface area contributed by atoms with Crippen LogP contribution in [-0.4, -0.2) is 48.9 Å². The first kappa shape index (κ1) is 21.6. The van der Waals surface area contributed by atoms with Gasteiger partial charge in [0, 0.05) is 43.6 Å². The molecule has 3 atom stereocenters. The summed E-state index contributed by atoms with van der Waals surface area (Å²) in [7, 11) is -3.38. The summed E-state index contributed by atoms with van der Waals surface area (Å²) >= 11 is 0. The maximum atomic E-state index is 15.0. The number of halogens is 1. The van der Waals surface area contributed by atoms with Crippen molar-refractivity contribution in [2.75, 3.05) is 24.4 Å². The number of sulfonamides is 1. The van der Waals surface area contributed by atoms with Gasteiger partial charge in [-0.3, -0.25) is 9.62 Å². The second-order valence-corrected chi connectivity index (χ2v) is 12.6. The van der Waals surface area contributed by atoms with E-state index in [1.807, 2.05) is 12.1 Å².